The van der Waals surface area contributed by atoms with E-state index < -0.39 is 0 Å². The quantitative estimate of drug-likeness (QED) is 0.498. The second-order valence-electron chi connectivity index (χ2n) is 7.17. The second-order valence-corrected chi connectivity index (χ2v) is 7.17. The lowest BCUT2D eigenvalue weighted by atomic mass is 10.1. The molecule has 3 aromatic heterocycles. The number of aryl methyl sites for hydroxylation is 3. The van der Waals surface area contributed by atoms with Crippen LogP contribution in [0.25, 0.3) is 17.2 Å². The summed E-state index contributed by atoms with van der Waals surface area (Å²) >= 11 is 0. The lowest BCUT2D eigenvalue weighted by Crippen LogP contribution is -2.16. The molecule has 3 heterocycles. The van der Waals surface area contributed by atoms with E-state index in [2.05, 4.69) is 25.5 Å². The molecule has 4 rings (SSSR count). The van der Waals surface area contributed by atoms with Gasteiger partial charge in [-0.2, -0.15) is 10.2 Å². The van der Waals surface area contributed by atoms with Gasteiger partial charge in [-0.25, -0.2) is 14.6 Å². The van der Waals surface area contributed by atoms with Gasteiger partial charge in [0.15, 0.2) is 0 Å². The number of carbonyl (C=O) groups is 1. The zero-order valence-electron chi connectivity index (χ0n) is 18.4. The molecule has 10 heteroatoms. The number of nitrogens with zero attached hydrogens (tertiary/aromatic N) is 6. The van der Waals surface area contributed by atoms with Crippen LogP contribution < -0.4 is 14.8 Å². The molecule has 0 unspecified atom stereocenters. The minimum absolute atomic E-state index is 0.337. The summed E-state index contributed by atoms with van der Waals surface area (Å²) < 4.78 is 13.9. The van der Waals surface area contributed by atoms with Crippen LogP contribution in [0, 0.1) is 13.8 Å². The summed E-state index contributed by atoms with van der Waals surface area (Å²) in [6, 6.07) is 9.04. The van der Waals surface area contributed by atoms with Crippen molar-refractivity contribution in [2.24, 2.45) is 7.05 Å². The first-order valence-corrected chi connectivity index (χ1v) is 9.83. The molecular weight excluding hydrogens is 410 g/mol. The van der Waals surface area contributed by atoms with Crippen molar-refractivity contribution in [1.82, 2.24) is 29.5 Å². The van der Waals surface area contributed by atoms with Gasteiger partial charge in [0.1, 0.15) is 17.2 Å². The number of hydrogen-bond acceptors (Lipinski definition) is 7. The van der Waals surface area contributed by atoms with Gasteiger partial charge < -0.3 is 14.8 Å². The Kier molecular flexibility index (Phi) is 5.59. The molecule has 0 spiro atoms. The second kappa shape index (κ2) is 8.50. The maximum Gasteiger partial charge on any atom is 0.274 e. The molecule has 0 radical (unpaired) electrons. The third kappa shape index (κ3) is 4.02. The molecule has 0 aliphatic carbocycles. The highest BCUT2D eigenvalue weighted by Crippen LogP contribution is 2.33. The molecule has 164 valence electrons. The van der Waals surface area contributed by atoms with E-state index in [1.165, 1.54) is 4.68 Å². The fraction of sp³-hybridized carbons (Fsp3) is 0.227. The van der Waals surface area contributed by atoms with Crippen molar-refractivity contribution in [2.45, 2.75) is 13.8 Å². The Hall–Kier alpha value is -4.21. The van der Waals surface area contributed by atoms with Gasteiger partial charge in [0.05, 0.1) is 43.7 Å². The van der Waals surface area contributed by atoms with Crippen LogP contribution in [0.3, 0.4) is 0 Å². The zero-order valence-corrected chi connectivity index (χ0v) is 18.4. The smallest absolute Gasteiger partial charge is 0.274 e. The standard InChI is InChI=1S/C22H23N7O3/c1-13-8-14(2)29(26-13)22-23-11-15(12-24-22)25-21(30)19-10-18(27-28(19)3)17-9-16(31-4)6-7-20(17)32-5/h6-12H,1-5H3,(H,25,30). The van der Waals surface area contributed by atoms with E-state index in [9.17, 15) is 4.79 Å². The van der Waals surface area contributed by atoms with Gasteiger partial charge in [0.25, 0.3) is 11.9 Å². The summed E-state index contributed by atoms with van der Waals surface area (Å²) in [4.78, 5) is 21.5. The largest absolute Gasteiger partial charge is 0.497 e. The van der Waals surface area contributed by atoms with E-state index in [1.54, 1.807) is 56.5 Å². The molecule has 0 atom stereocenters. The number of rotatable bonds is 6. The first-order valence-electron chi connectivity index (χ1n) is 9.83. The molecule has 0 aliphatic heterocycles. The number of benzene rings is 1. The van der Waals surface area contributed by atoms with E-state index in [0.29, 0.717) is 34.5 Å². The molecule has 1 amide bonds. The Morgan fingerprint density at radius 1 is 1.00 bits per heavy atom. The van der Waals surface area contributed by atoms with Gasteiger partial charge in [-0.05, 0) is 44.2 Å². The van der Waals surface area contributed by atoms with Gasteiger partial charge in [-0.1, -0.05) is 0 Å². The minimum Gasteiger partial charge on any atom is -0.497 e. The maximum atomic E-state index is 12.9. The third-order valence-corrected chi connectivity index (χ3v) is 4.89. The Morgan fingerprint density at radius 2 is 1.75 bits per heavy atom. The number of ether oxygens (including phenoxy) is 2. The highest BCUT2D eigenvalue weighted by atomic mass is 16.5. The molecule has 1 aromatic carbocycles. The SMILES string of the molecule is COc1ccc(OC)c(-c2cc(C(=O)Nc3cnc(-n4nc(C)cc4C)nc3)n(C)n2)c1. The van der Waals surface area contributed by atoms with E-state index >= 15 is 0 Å². The van der Waals surface area contributed by atoms with E-state index in [1.807, 2.05) is 26.0 Å². The highest BCUT2D eigenvalue weighted by Gasteiger charge is 2.18. The normalized spacial score (nSPS) is 10.8. The van der Waals surface area contributed by atoms with Crippen molar-refractivity contribution in [2.75, 3.05) is 19.5 Å². The van der Waals surface area contributed by atoms with Crippen molar-refractivity contribution in [3.8, 4) is 28.7 Å². The predicted octanol–water partition coefficient (Wildman–Crippen LogP) is 2.95. The van der Waals surface area contributed by atoms with Crippen molar-refractivity contribution in [3.05, 3.63) is 59.8 Å². The fourth-order valence-electron chi connectivity index (χ4n) is 3.35. The monoisotopic (exact) mass is 433 g/mol. The van der Waals surface area contributed by atoms with Crippen molar-refractivity contribution >= 4 is 11.6 Å². The summed E-state index contributed by atoms with van der Waals surface area (Å²) in [5, 5.41) is 11.6. The Bertz CT molecular complexity index is 1280. The van der Waals surface area contributed by atoms with E-state index in [-0.39, 0.29) is 5.91 Å². The third-order valence-electron chi connectivity index (χ3n) is 4.89. The summed E-state index contributed by atoms with van der Waals surface area (Å²) in [5.74, 6) is 1.39. The Labute approximate surface area is 184 Å². The topological polar surface area (TPSA) is 109 Å². The lowest BCUT2D eigenvalue weighted by Gasteiger charge is -2.08. The molecule has 4 aromatic rings. The van der Waals surface area contributed by atoms with Crippen LogP contribution in [-0.2, 0) is 7.05 Å². The number of anilines is 1. The lowest BCUT2D eigenvalue weighted by molar-refractivity contribution is 0.101. The average Bonchev–Trinajstić information content (AvgIpc) is 3.35. The predicted molar refractivity (Wildman–Crippen MR) is 118 cm³/mol. The average molecular weight is 433 g/mol. The molecule has 0 saturated carbocycles. The summed E-state index contributed by atoms with van der Waals surface area (Å²) in [7, 11) is 4.87. The number of hydrogen-bond donors (Lipinski definition) is 1. The molecule has 10 nitrogen and oxygen atoms in total. The van der Waals surface area contributed by atoms with Crippen molar-refractivity contribution in [1.29, 1.82) is 0 Å². The van der Waals surface area contributed by atoms with Crippen LogP contribution in [0.15, 0.2) is 42.7 Å². The van der Waals surface area contributed by atoms with E-state index in [4.69, 9.17) is 9.47 Å². The first-order chi connectivity index (χ1) is 15.4. The fourth-order valence-corrected chi connectivity index (χ4v) is 3.35. The van der Waals surface area contributed by atoms with Crippen molar-refractivity contribution < 1.29 is 14.3 Å². The minimum atomic E-state index is -0.337. The Balaban J connectivity index is 1.56. The number of nitrogens with one attached hydrogen (secondary N) is 1. The molecule has 0 saturated heterocycles. The van der Waals surface area contributed by atoms with E-state index in [0.717, 1.165) is 17.0 Å². The van der Waals surface area contributed by atoms with Gasteiger partial charge in [-0.15, -0.1) is 0 Å². The molecule has 0 fully saturated rings. The molecule has 0 bridgehead atoms. The van der Waals surface area contributed by atoms with Gasteiger partial charge in [-0.3, -0.25) is 9.48 Å². The highest BCUT2D eigenvalue weighted by molar-refractivity contribution is 6.03. The summed E-state index contributed by atoms with van der Waals surface area (Å²) in [5.41, 5.74) is 3.94. The van der Waals surface area contributed by atoms with Crippen LogP contribution in [0.4, 0.5) is 5.69 Å². The molecule has 32 heavy (non-hydrogen) atoms. The van der Waals surface area contributed by atoms with Crippen LogP contribution in [0.2, 0.25) is 0 Å². The zero-order chi connectivity index (χ0) is 22.8. The first kappa shape index (κ1) is 21.0. The number of aromatic nitrogens is 6. The van der Waals surface area contributed by atoms with Crippen LogP contribution in [-0.4, -0.2) is 49.7 Å². The summed E-state index contributed by atoms with van der Waals surface area (Å²) in [6.45, 7) is 3.83. The maximum absolute atomic E-state index is 12.9. The molecule has 0 aliphatic rings. The van der Waals surface area contributed by atoms with Gasteiger partial charge in [0, 0.05) is 18.3 Å². The van der Waals surface area contributed by atoms with Gasteiger partial charge in [0.2, 0.25) is 0 Å². The number of methoxy groups -OCH3 is 2. The van der Waals surface area contributed by atoms with Gasteiger partial charge >= 0.3 is 0 Å². The van der Waals surface area contributed by atoms with Crippen molar-refractivity contribution in [3.63, 3.8) is 0 Å². The number of amides is 1. The van der Waals surface area contributed by atoms with Crippen LogP contribution in [0.1, 0.15) is 21.9 Å². The summed E-state index contributed by atoms with van der Waals surface area (Å²) in [6.07, 6.45) is 3.08. The molecule has 1 N–H and O–H groups in total. The molecular formula is C22H23N7O3. The number of carbonyl (C=O) groups excluding carboxylic acids is 1. The van der Waals surface area contributed by atoms with Crippen LogP contribution in [0.5, 0.6) is 11.5 Å². The van der Waals surface area contributed by atoms with Crippen LogP contribution >= 0.6 is 0 Å². The Morgan fingerprint density at radius 3 is 2.38 bits per heavy atom.